The average molecular weight is 303 g/mol. The summed E-state index contributed by atoms with van der Waals surface area (Å²) in [6.45, 7) is 2.10. The van der Waals surface area contributed by atoms with Gasteiger partial charge >= 0.3 is 5.97 Å². The predicted octanol–water partition coefficient (Wildman–Crippen LogP) is 1.46. The van der Waals surface area contributed by atoms with E-state index in [1.54, 1.807) is 7.11 Å². The van der Waals surface area contributed by atoms with Gasteiger partial charge in [-0.2, -0.15) is 11.8 Å². The molecule has 116 valence electrons. The summed E-state index contributed by atoms with van der Waals surface area (Å²) in [5.41, 5.74) is -0.00199. The van der Waals surface area contributed by atoms with E-state index in [-0.39, 0.29) is 12.1 Å². The molecule has 2 fully saturated rings. The molecular formula is C14H25NO4S. The van der Waals surface area contributed by atoms with Crippen LogP contribution < -0.4 is 0 Å². The Bertz CT molecular complexity index is 315. The zero-order valence-electron chi connectivity index (χ0n) is 12.2. The molecule has 0 radical (unpaired) electrons. The van der Waals surface area contributed by atoms with Crippen LogP contribution in [0.2, 0.25) is 0 Å². The summed E-state index contributed by atoms with van der Waals surface area (Å²) in [6.07, 6.45) is 4.08. The lowest BCUT2D eigenvalue weighted by atomic mass is 9.85. The first-order valence-electron chi connectivity index (χ1n) is 7.32. The van der Waals surface area contributed by atoms with Gasteiger partial charge in [0.25, 0.3) is 0 Å². The predicted molar refractivity (Wildman–Crippen MR) is 79.3 cm³/mol. The Hall–Kier alpha value is -0.300. The Balaban J connectivity index is 1.97. The Labute approximate surface area is 125 Å². The zero-order chi connectivity index (χ0) is 14.4. The minimum atomic E-state index is -0.763. The lowest BCUT2D eigenvalue weighted by molar-refractivity contribution is -0.143. The van der Waals surface area contributed by atoms with Crippen LogP contribution in [0.25, 0.3) is 0 Å². The quantitative estimate of drug-likeness (QED) is 0.802. The van der Waals surface area contributed by atoms with E-state index in [1.165, 1.54) is 0 Å². The highest BCUT2D eigenvalue weighted by atomic mass is 32.2. The molecule has 2 rings (SSSR count). The van der Waals surface area contributed by atoms with Crippen LogP contribution in [0.15, 0.2) is 0 Å². The van der Waals surface area contributed by atoms with Gasteiger partial charge in [0.1, 0.15) is 0 Å². The third kappa shape index (κ3) is 4.35. The maximum absolute atomic E-state index is 11.1. The Morgan fingerprint density at radius 2 is 2.25 bits per heavy atom. The molecule has 0 amide bonds. The second kappa shape index (κ2) is 7.64. The lowest BCUT2D eigenvalue weighted by Crippen LogP contribution is -2.52. The highest BCUT2D eigenvalue weighted by Crippen LogP contribution is 2.38. The highest BCUT2D eigenvalue weighted by molar-refractivity contribution is 7.99. The summed E-state index contributed by atoms with van der Waals surface area (Å²) in [7, 11) is 1.66. The molecule has 2 aliphatic rings. The fraction of sp³-hybridized carbons (Fsp3) is 0.929. The van der Waals surface area contributed by atoms with Gasteiger partial charge in [-0.3, -0.25) is 9.69 Å². The number of nitrogens with zero attached hydrogens (tertiary/aromatic N) is 1. The Morgan fingerprint density at radius 1 is 1.50 bits per heavy atom. The maximum atomic E-state index is 11.1. The summed E-state index contributed by atoms with van der Waals surface area (Å²) in [6, 6.07) is 0.304. The second-order valence-corrected chi connectivity index (χ2v) is 6.87. The molecule has 0 bridgehead atoms. The smallest absolute Gasteiger partial charge is 0.317 e. The molecule has 6 heteroatoms. The number of hydrogen-bond acceptors (Lipinski definition) is 5. The fourth-order valence-electron chi connectivity index (χ4n) is 3.18. The third-order valence-corrected chi connectivity index (χ3v) is 5.29. The van der Waals surface area contributed by atoms with Crippen molar-refractivity contribution in [3.8, 4) is 0 Å². The van der Waals surface area contributed by atoms with Crippen molar-refractivity contribution in [2.75, 3.05) is 44.9 Å². The van der Waals surface area contributed by atoms with E-state index in [4.69, 9.17) is 14.6 Å². The number of aliphatic carboxylic acids is 1. The van der Waals surface area contributed by atoms with Crippen molar-refractivity contribution in [2.45, 2.75) is 37.3 Å². The van der Waals surface area contributed by atoms with E-state index < -0.39 is 5.97 Å². The number of ether oxygens (including phenoxy) is 2. The van der Waals surface area contributed by atoms with Crippen molar-refractivity contribution in [1.29, 1.82) is 0 Å². The van der Waals surface area contributed by atoms with Crippen LogP contribution in [0.4, 0.5) is 0 Å². The van der Waals surface area contributed by atoms with Crippen molar-refractivity contribution < 1.29 is 19.4 Å². The molecule has 0 aromatic heterocycles. The minimum absolute atomic E-state index is 0.00199. The van der Waals surface area contributed by atoms with Crippen molar-refractivity contribution >= 4 is 17.7 Å². The fourth-order valence-corrected chi connectivity index (χ4v) is 4.42. The van der Waals surface area contributed by atoms with Crippen molar-refractivity contribution in [3.05, 3.63) is 0 Å². The second-order valence-electron chi connectivity index (χ2n) is 5.65. The highest BCUT2D eigenvalue weighted by Gasteiger charge is 2.40. The van der Waals surface area contributed by atoms with Crippen molar-refractivity contribution in [1.82, 2.24) is 4.90 Å². The maximum Gasteiger partial charge on any atom is 0.317 e. The molecule has 0 aliphatic carbocycles. The van der Waals surface area contributed by atoms with Gasteiger partial charge in [-0.25, -0.2) is 0 Å². The Kier molecular flexibility index (Phi) is 6.14. The van der Waals surface area contributed by atoms with E-state index in [2.05, 4.69) is 4.90 Å². The van der Waals surface area contributed by atoms with Gasteiger partial charge in [0.2, 0.25) is 0 Å². The standard InChI is InChI=1S/C14H25NO4S/c1-18-7-5-15(11-13(16)17)12-2-6-19-14(10-12)3-8-20-9-4-14/h12H,2-11H2,1H3,(H,16,17). The van der Waals surface area contributed by atoms with Crippen LogP contribution in [0.1, 0.15) is 25.7 Å². The topological polar surface area (TPSA) is 59.0 Å². The van der Waals surface area contributed by atoms with Gasteiger partial charge in [0, 0.05) is 26.3 Å². The molecule has 5 nitrogen and oxygen atoms in total. The van der Waals surface area contributed by atoms with Gasteiger partial charge in [0.15, 0.2) is 0 Å². The van der Waals surface area contributed by atoms with E-state index >= 15 is 0 Å². The summed E-state index contributed by atoms with van der Waals surface area (Å²) < 4.78 is 11.2. The van der Waals surface area contributed by atoms with Crippen LogP contribution >= 0.6 is 11.8 Å². The number of hydrogen-bond donors (Lipinski definition) is 1. The summed E-state index contributed by atoms with van der Waals surface area (Å²) in [5.74, 6) is 1.55. The number of carboxylic acid groups (broad SMARTS) is 1. The van der Waals surface area contributed by atoms with E-state index in [0.717, 1.165) is 43.8 Å². The first kappa shape index (κ1) is 16.1. The molecule has 0 aromatic carbocycles. The van der Waals surface area contributed by atoms with Crippen molar-refractivity contribution in [3.63, 3.8) is 0 Å². The summed E-state index contributed by atoms with van der Waals surface area (Å²) in [5, 5.41) is 9.10. The van der Waals surface area contributed by atoms with Crippen molar-refractivity contribution in [2.24, 2.45) is 0 Å². The largest absolute Gasteiger partial charge is 0.480 e. The molecule has 1 spiro atoms. The third-order valence-electron chi connectivity index (χ3n) is 4.31. The van der Waals surface area contributed by atoms with E-state index in [0.29, 0.717) is 19.2 Å². The van der Waals surface area contributed by atoms with E-state index in [9.17, 15) is 4.79 Å². The molecular weight excluding hydrogens is 278 g/mol. The molecule has 1 unspecified atom stereocenters. The zero-order valence-corrected chi connectivity index (χ0v) is 13.0. The Morgan fingerprint density at radius 3 is 2.90 bits per heavy atom. The number of thioether (sulfide) groups is 1. The molecule has 1 N–H and O–H groups in total. The molecule has 2 aliphatic heterocycles. The van der Waals surface area contributed by atoms with Crippen LogP contribution in [0.3, 0.4) is 0 Å². The summed E-state index contributed by atoms with van der Waals surface area (Å²) in [4.78, 5) is 13.1. The van der Waals surface area contributed by atoms with Crippen LogP contribution in [-0.4, -0.2) is 72.5 Å². The minimum Gasteiger partial charge on any atom is -0.480 e. The van der Waals surface area contributed by atoms with Gasteiger partial charge in [-0.1, -0.05) is 0 Å². The summed E-state index contributed by atoms with van der Waals surface area (Å²) >= 11 is 1.99. The first-order chi connectivity index (χ1) is 9.65. The van der Waals surface area contributed by atoms with Gasteiger partial charge in [-0.05, 0) is 37.2 Å². The van der Waals surface area contributed by atoms with Crippen LogP contribution in [-0.2, 0) is 14.3 Å². The van der Waals surface area contributed by atoms with Gasteiger partial charge in [-0.15, -0.1) is 0 Å². The molecule has 20 heavy (non-hydrogen) atoms. The number of rotatable bonds is 6. The normalized spacial score (nSPS) is 26.0. The van der Waals surface area contributed by atoms with Crippen LogP contribution in [0.5, 0.6) is 0 Å². The monoisotopic (exact) mass is 303 g/mol. The number of methoxy groups -OCH3 is 1. The molecule has 0 aromatic rings. The molecule has 2 saturated heterocycles. The molecule has 1 atom stereocenters. The van der Waals surface area contributed by atoms with Gasteiger partial charge in [0.05, 0.1) is 18.8 Å². The SMILES string of the molecule is COCCN(CC(=O)O)C1CCOC2(CCSCC2)C1. The number of carbonyl (C=O) groups is 1. The van der Waals surface area contributed by atoms with Crippen LogP contribution in [0, 0.1) is 0 Å². The molecule has 0 saturated carbocycles. The molecule has 2 heterocycles. The average Bonchev–Trinajstić information content (AvgIpc) is 2.44. The number of carboxylic acids is 1. The lowest BCUT2D eigenvalue weighted by Gasteiger charge is -2.46. The first-order valence-corrected chi connectivity index (χ1v) is 8.47. The van der Waals surface area contributed by atoms with Gasteiger partial charge < -0.3 is 14.6 Å². The van der Waals surface area contributed by atoms with E-state index in [1.807, 2.05) is 11.8 Å².